The van der Waals surface area contributed by atoms with Gasteiger partial charge in [-0.25, -0.2) is 0 Å². The maximum atomic E-state index is 12.8. The van der Waals surface area contributed by atoms with Crippen LogP contribution in [0.1, 0.15) is 27.0 Å². The fourth-order valence-corrected chi connectivity index (χ4v) is 3.45. The number of nitrogens with zero attached hydrogens (tertiary/aromatic N) is 1. The summed E-state index contributed by atoms with van der Waals surface area (Å²) in [6, 6.07) is 24.8. The minimum atomic E-state index is -0.120. The second-order valence-electron chi connectivity index (χ2n) is 6.96. The molecule has 1 aliphatic rings. The van der Waals surface area contributed by atoms with Gasteiger partial charge in [-0.2, -0.15) is 0 Å². The van der Waals surface area contributed by atoms with Gasteiger partial charge in [0.2, 0.25) is 0 Å². The third-order valence-corrected chi connectivity index (χ3v) is 4.93. The van der Waals surface area contributed by atoms with Crippen LogP contribution in [0, 0.1) is 0 Å². The van der Waals surface area contributed by atoms with E-state index in [0.717, 1.165) is 28.0 Å². The van der Waals surface area contributed by atoms with Crippen molar-refractivity contribution in [2.24, 2.45) is 4.99 Å². The molecule has 0 aromatic heterocycles. The van der Waals surface area contributed by atoms with E-state index in [-0.39, 0.29) is 11.7 Å². The maximum Gasteiger partial charge on any atom is 0.251 e. The molecule has 1 amide bonds. The number of hydrogen-bond donors (Lipinski definition) is 2. The molecular weight excluding hydrogens is 360 g/mol. The van der Waals surface area contributed by atoms with Crippen LogP contribution in [0.15, 0.2) is 89.9 Å². The first-order valence-electron chi connectivity index (χ1n) is 9.66. The maximum absolute atomic E-state index is 12.8. The highest BCUT2D eigenvalue weighted by atomic mass is 16.3. The van der Waals surface area contributed by atoms with Gasteiger partial charge in [0, 0.05) is 17.7 Å². The number of allylic oxidation sites excluding steroid dienone is 1. The Morgan fingerprint density at radius 2 is 1.76 bits per heavy atom. The molecule has 4 rings (SSSR count). The minimum Gasteiger partial charge on any atom is -0.508 e. The smallest absolute Gasteiger partial charge is 0.251 e. The van der Waals surface area contributed by atoms with Crippen molar-refractivity contribution in [1.82, 2.24) is 5.32 Å². The van der Waals surface area contributed by atoms with E-state index >= 15 is 0 Å². The zero-order valence-electron chi connectivity index (χ0n) is 16.0. The van der Waals surface area contributed by atoms with Gasteiger partial charge in [-0.1, -0.05) is 60.7 Å². The molecule has 0 saturated heterocycles. The number of nitrogens with one attached hydrogen (secondary N) is 1. The monoisotopic (exact) mass is 382 g/mol. The Morgan fingerprint density at radius 3 is 2.59 bits per heavy atom. The van der Waals surface area contributed by atoms with Gasteiger partial charge in [-0.05, 0) is 47.4 Å². The molecule has 3 aromatic rings. The fourth-order valence-electron chi connectivity index (χ4n) is 3.45. The highest BCUT2D eigenvalue weighted by molar-refractivity contribution is 6.19. The first kappa shape index (κ1) is 18.7. The molecule has 0 saturated carbocycles. The second-order valence-corrected chi connectivity index (χ2v) is 6.96. The number of amides is 1. The van der Waals surface area contributed by atoms with E-state index < -0.39 is 0 Å². The van der Waals surface area contributed by atoms with Gasteiger partial charge in [0.1, 0.15) is 5.75 Å². The van der Waals surface area contributed by atoms with E-state index in [9.17, 15) is 9.90 Å². The molecule has 1 heterocycles. The molecule has 0 atom stereocenters. The summed E-state index contributed by atoms with van der Waals surface area (Å²) >= 11 is 0. The zero-order chi connectivity index (χ0) is 20.1. The molecule has 4 heteroatoms. The lowest BCUT2D eigenvalue weighted by Gasteiger charge is -2.10. The summed E-state index contributed by atoms with van der Waals surface area (Å²) < 4.78 is 0. The molecule has 29 heavy (non-hydrogen) atoms. The van der Waals surface area contributed by atoms with Crippen LogP contribution in [0.5, 0.6) is 5.75 Å². The van der Waals surface area contributed by atoms with Crippen LogP contribution in [0.25, 0.3) is 5.57 Å². The van der Waals surface area contributed by atoms with E-state index in [1.54, 1.807) is 18.2 Å². The third kappa shape index (κ3) is 4.43. The Hall–Kier alpha value is -3.66. The Kier molecular flexibility index (Phi) is 5.52. The Balaban J connectivity index is 1.47. The molecule has 3 aromatic carbocycles. The van der Waals surface area contributed by atoms with Gasteiger partial charge in [0.05, 0.1) is 12.3 Å². The number of benzene rings is 3. The standard InChI is InChI=1S/C25H22N2O2/c28-21-10-6-7-18(15-21)13-14-26-25(29)23-12-5-4-11-22(23)24-16-20(17-27-24)19-8-2-1-3-9-19/h1-12,15-16,28H,13-14,17H2,(H,26,29). The molecule has 0 fully saturated rings. The van der Waals surface area contributed by atoms with Crippen LogP contribution in [-0.4, -0.2) is 29.8 Å². The van der Waals surface area contributed by atoms with Crippen molar-refractivity contribution in [3.8, 4) is 5.75 Å². The third-order valence-electron chi connectivity index (χ3n) is 4.93. The largest absolute Gasteiger partial charge is 0.508 e. The summed E-state index contributed by atoms with van der Waals surface area (Å²) in [5.74, 6) is 0.115. The quantitative estimate of drug-likeness (QED) is 0.669. The van der Waals surface area contributed by atoms with Crippen molar-refractivity contribution in [2.45, 2.75) is 6.42 Å². The van der Waals surface area contributed by atoms with Crippen molar-refractivity contribution < 1.29 is 9.90 Å². The van der Waals surface area contributed by atoms with Crippen LogP contribution in [-0.2, 0) is 6.42 Å². The Morgan fingerprint density at radius 1 is 0.966 bits per heavy atom. The number of phenolic OH excluding ortho intramolecular Hbond substituents is 1. The SMILES string of the molecule is O=C(NCCc1cccc(O)c1)c1ccccc1C1=NCC(c2ccccc2)=C1. The lowest BCUT2D eigenvalue weighted by molar-refractivity contribution is 0.0954. The molecule has 4 nitrogen and oxygen atoms in total. The predicted octanol–water partition coefficient (Wildman–Crippen LogP) is 4.25. The van der Waals surface area contributed by atoms with Crippen LogP contribution in [0.2, 0.25) is 0 Å². The van der Waals surface area contributed by atoms with Crippen molar-refractivity contribution in [3.63, 3.8) is 0 Å². The molecule has 0 bridgehead atoms. The minimum absolute atomic E-state index is 0.120. The Bertz CT molecular complexity index is 1080. The molecule has 1 aliphatic heterocycles. The number of aliphatic imine (C=N–C) groups is 1. The molecular formula is C25H22N2O2. The lowest BCUT2D eigenvalue weighted by Crippen LogP contribution is -2.27. The normalized spacial score (nSPS) is 13.0. The fraction of sp³-hybridized carbons (Fsp3) is 0.120. The summed E-state index contributed by atoms with van der Waals surface area (Å²) in [5, 5.41) is 12.5. The summed E-state index contributed by atoms with van der Waals surface area (Å²) in [7, 11) is 0. The highest BCUT2D eigenvalue weighted by Gasteiger charge is 2.17. The number of phenols is 1. The van der Waals surface area contributed by atoms with Crippen LogP contribution in [0.3, 0.4) is 0 Å². The van der Waals surface area contributed by atoms with Gasteiger partial charge >= 0.3 is 0 Å². The van der Waals surface area contributed by atoms with E-state index in [0.29, 0.717) is 25.1 Å². The summed E-state index contributed by atoms with van der Waals surface area (Å²) in [6.45, 7) is 1.11. The number of carbonyl (C=O) groups excluding carboxylic acids is 1. The zero-order valence-corrected chi connectivity index (χ0v) is 16.0. The van der Waals surface area contributed by atoms with E-state index in [2.05, 4.69) is 28.5 Å². The van der Waals surface area contributed by atoms with Crippen LogP contribution in [0.4, 0.5) is 0 Å². The van der Waals surface area contributed by atoms with E-state index in [4.69, 9.17) is 0 Å². The van der Waals surface area contributed by atoms with Crippen molar-refractivity contribution in [3.05, 3.63) is 107 Å². The summed E-state index contributed by atoms with van der Waals surface area (Å²) in [4.78, 5) is 17.5. The number of carbonyl (C=O) groups is 1. The molecule has 0 unspecified atom stereocenters. The number of hydrogen-bond acceptors (Lipinski definition) is 3. The first-order chi connectivity index (χ1) is 14.2. The first-order valence-corrected chi connectivity index (χ1v) is 9.66. The highest BCUT2D eigenvalue weighted by Crippen LogP contribution is 2.23. The summed E-state index contributed by atoms with van der Waals surface area (Å²) in [6.07, 6.45) is 2.72. The van der Waals surface area contributed by atoms with Crippen molar-refractivity contribution in [1.29, 1.82) is 0 Å². The van der Waals surface area contributed by atoms with Gasteiger partial charge < -0.3 is 10.4 Å². The molecule has 0 radical (unpaired) electrons. The Labute approximate surface area is 170 Å². The topological polar surface area (TPSA) is 61.7 Å². The molecule has 0 spiro atoms. The predicted molar refractivity (Wildman–Crippen MR) is 116 cm³/mol. The summed E-state index contributed by atoms with van der Waals surface area (Å²) in [5.41, 5.74) is 5.58. The average molecular weight is 382 g/mol. The van der Waals surface area contributed by atoms with Crippen molar-refractivity contribution in [2.75, 3.05) is 13.1 Å². The van der Waals surface area contributed by atoms with Gasteiger partial charge in [-0.3, -0.25) is 9.79 Å². The van der Waals surface area contributed by atoms with Crippen LogP contribution < -0.4 is 5.32 Å². The van der Waals surface area contributed by atoms with Gasteiger partial charge in [-0.15, -0.1) is 0 Å². The second kappa shape index (κ2) is 8.57. The lowest BCUT2D eigenvalue weighted by atomic mass is 10.00. The number of rotatable bonds is 6. The van der Waals surface area contributed by atoms with Crippen LogP contribution >= 0.6 is 0 Å². The molecule has 0 aliphatic carbocycles. The molecule has 2 N–H and O–H groups in total. The molecule has 144 valence electrons. The average Bonchev–Trinajstić information content (AvgIpc) is 3.25. The van der Waals surface area contributed by atoms with Gasteiger partial charge in [0.25, 0.3) is 5.91 Å². The number of aromatic hydroxyl groups is 1. The van der Waals surface area contributed by atoms with Gasteiger partial charge in [0.15, 0.2) is 0 Å². The van der Waals surface area contributed by atoms with Crippen molar-refractivity contribution >= 4 is 17.2 Å². The van der Waals surface area contributed by atoms with E-state index in [1.165, 1.54) is 0 Å². The van der Waals surface area contributed by atoms with E-state index in [1.807, 2.05) is 48.5 Å².